The van der Waals surface area contributed by atoms with Gasteiger partial charge < -0.3 is 36.3 Å². The summed E-state index contributed by atoms with van der Waals surface area (Å²) in [5.74, 6) is -5.38. The van der Waals surface area contributed by atoms with E-state index in [9.17, 15) is 67.1 Å². The Kier molecular flexibility index (Phi) is 32.2. The molecule has 0 aromatic heterocycles. The summed E-state index contributed by atoms with van der Waals surface area (Å²) in [6.45, 7) is 10.3. The Morgan fingerprint density at radius 1 is 0.471 bits per heavy atom. The van der Waals surface area contributed by atoms with Crippen molar-refractivity contribution in [2.75, 3.05) is 39.3 Å². The molecule has 0 bridgehead atoms. The molecule has 0 radical (unpaired) electrons. The first-order valence-corrected chi connectivity index (χ1v) is 22.4. The lowest BCUT2D eigenvalue weighted by molar-refractivity contribution is -0.156. The Labute approximate surface area is 408 Å². The molecule has 2 heterocycles. The van der Waals surface area contributed by atoms with Crippen molar-refractivity contribution in [3.05, 3.63) is 24.3 Å². The molecule has 2 aliphatic heterocycles. The second kappa shape index (κ2) is 34.5. The van der Waals surface area contributed by atoms with Crippen LogP contribution in [0.15, 0.2) is 24.3 Å². The van der Waals surface area contributed by atoms with E-state index in [2.05, 4.69) is 16.0 Å². The van der Waals surface area contributed by atoms with Gasteiger partial charge in [0.05, 0.1) is 26.2 Å². The molecular weight excluding hydrogens is 921 g/mol. The lowest BCUT2D eigenvalue weighted by atomic mass is 10.1. The van der Waals surface area contributed by atoms with Gasteiger partial charge in [-0.3, -0.25) is 76.9 Å². The van der Waals surface area contributed by atoms with Crippen LogP contribution in [0.4, 0.5) is 0 Å². The molecule has 70 heavy (non-hydrogen) atoms. The number of amides is 7. The van der Waals surface area contributed by atoms with Crippen LogP contribution in [-0.2, 0) is 76.6 Å². The summed E-state index contributed by atoms with van der Waals surface area (Å²) in [5.41, 5.74) is 4.01. The molecule has 6 N–H and O–H groups in total. The summed E-state index contributed by atoms with van der Waals surface area (Å²) in [4.78, 5) is 161. The van der Waals surface area contributed by atoms with Crippen LogP contribution in [0.1, 0.15) is 139 Å². The molecule has 392 valence electrons. The molecule has 0 fully saturated rings. The lowest BCUT2D eigenvalue weighted by Gasteiger charge is -2.19. The van der Waals surface area contributed by atoms with E-state index in [0.29, 0.717) is 19.3 Å². The normalized spacial score (nSPS) is 12.7. The minimum absolute atomic E-state index is 0. The summed E-state index contributed by atoms with van der Waals surface area (Å²) in [5, 5.41) is 15.6. The van der Waals surface area contributed by atoms with Crippen molar-refractivity contribution in [3.8, 4) is 0 Å². The van der Waals surface area contributed by atoms with Gasteiger partial charge in [0.25, 0.3) is 23.6 Å². The number of hydrogen-bond acceptors (Lipinski definition) is 17. The summed E-state index contributed by atoms with van der Waals surface area (Å²) < 4.78 is 10.3. The highest BCUT2D eigenvalue weighted by Gasteiger charge is 2.24. The van der Waals surface area contributed by atoms with E-state index in [1.165, 1.54) is 24.3 Å². The van der Waals surface area contributed by atoms with Crippen molar-refractivity contribution in [3.63, 3.8) is 0 Å². The maximum absolute atomic E-state index is 11.9. The summed E-state index contributed by atoms with van der Waals surface area (Å²) >= 11 is 0. The van der Waals surface area contributed by atoms with Crippen LogP contribution in [-0.4, -0.2) is 148 Å². The number of aliphatic carboxylic acids is 1. The van der Waals surface area contributed by atoms with E-state index >= 15 is 0 Å². The number of ether oxygens (including phenoxy) is 2. The molecule has 0 unspecified atom stereocenters. The summed E-state index contributed by atoms with van der Waals surface area (Å²) in [7, 11) is 0. The summed E-state index contributed by atoms with van der Waals surface area (Å²) in [6, 6.07) is 0. The minimum atomic E-state index is -0.924. The third-order valence-corrected chi connectivity index (χ3v) is 8.81. The topological polar surface area (TPSA) is 346 Å². The fraction of sp³-hybridized carbons (Fsp3) is 0.617. The SMILES string of the molecule is C.CC(C)(C)OC(=O)CCCC(=O)CNC(=O)CCC(=O)CN.CC(C)(C)OC(=O)CCCC(=O)CNC(=O)CCC(=O)CNC(=O)CCCN1C(=O)C=CC1=O.O=C(O)CCCN1C(=O)C=CC1=O. The average molecular weight is 993 g/mol. The third-order valence-electron chi connectivity index (χ3n) is 8.81. The van der Waals surface area contributed by atoms with E-state index < -0.39 is 40.8 Å². The first-order chi connectivity index (χ1) is 32.1. The van der Waals surface area contributed by atoms with Crippen LogP contribution in [0.2, 0.25) is 0 Å². The van der Waals surface area contributed by atoms with E-state index in [-0.39, 0.29) is 170 Å². The van der Waals surface area contributed by atoms with Gasteiger partial charge in [0.1, 0.15) is 17.0 Å². The predicted octanol–water partition coefficient (Wildman–Crippen LogP) is 1.26. The molecule has 0 spiro atoms. The third kappa shape index (κ3) is 34.5. The molecule has 0 aromatic carbocycles. The van der Waals surface area contributed by atoms with Crippen molar-refractivity contribution in [2.45, 2.75) is 150 Å². The number of nitrogens with zero attached hydrogens (tertiary/aromatic N) is 2. The standard InChI is InChI=1S/C23H33N3O8.C15H26N2O5.C8H9NO4.CH4/c1-23(2,3)34-22(33)8-4-6-16(27)14-25-19(30)10-9-17(28)15-24-18(29)7-5-13-26-20(31)11-12-21(26)32;1-15(2,3)22-14(21)6-4-5-12(19)10-17-13(20)8-7-11(18)9-16;10-6-3-4-7(11)9(6)5-1-2-8(12)13;/h11-12H,4-10,13-15H2,1-3H3,(H,24,29)(H,25,30);4-10,16H2,1-3H3,(H,17,20);3-4H,1-2,5H2,(H,12,13);1H4. The van der Waals surface area contributed by atoms with Gasteiger partial charge in [0, 0.05) is 102 Å². The fourth-order valence-corrected chi connectivity index (χ4v) is 5.46. The number of nitrogens with two attached hydrogens (primary N) is 1. The smallest absolute Gasteiger partial charge is 0.306 e. The van der Waals surface area contributed by atoms with Crippen molar-refractivity contribution in [1.29, 1.82) is 0 Å². The van der Waals surface area contributed by atoms with E-state index in [1.807, 2.05) is 0 Å². The molecule has 0 atom stereocenters. The van der Waals surface area contributed by atoms with Crippen LogP contribution in [0.3, 0.4) is 0 Å². The highest BCUT2D eigenvalue weighted by Crippen LogP contribution is 2.12. The number of hydrogen-bond donors (Lipinski definition) is 5. The van der Waals surface area contributed by atoms with Crippen LogP contribution in [0, 0.1) is 0 Å². The zero-order valence-electron chi connectivity index (χ0n) is 40.4. The zero-order valence-corrected chi connectivity index (χ0v) is 40.4. The van der Waals surface area contributed by atoms with Crippen LogP contribution in [0.5, 0.6) is 0 Å². The number of carboxylic acid groups (broad SMARTS) is 1. The van der Waals surface area contributed by atoms with Crippen molar-refractivity contribution >= 4 is 82.4 Å². The Morgan fingerprint density at radius 3 is 1.11 bits per heavy atom. The first-order valence-electron chi connectivity index (χ1n) is 22.4. The van der Waals surface area contributed by atoms with Gasteiger partial charge in [-0.05, 0) is 67.2 Å². The highest BCUT2D eigenvalue weighted by molar-refractivity contribution is 6.13. The second-order valence-corrected chi connectivity index (χ2v) is 17.5. The van der Waals surface area contributed by atoms with Crippen molar-refractivity contribution < 1.29 is 81.7 Å². The predicted molar refractivity (Wildman–Crippen MR) is 251 cm³/mol. The number of ketones is 4. The number of carbonyl (C=O) groups is 14. The zero-order chi connectivity index (χ0) is 52.7. The fourth-order valence-electron chi connectivity index (χ4n) is 5.46. The molecule has 0 aliphatic carbocycles. The molecule has 7 amide bonds. The van der Waals surface area contributed by atoms with Gasteiger partial charge in [0.2, 0.25) is 17.7 Å². The van der Waals surface area contributed by atoms with Gasteiger partial charge >= 0.3 is 17.9 Å². The lowest BCUT2D eigenvalue weighted by Crippen LogP contribution is -2.34. The van der Waals surface area contributed by atoms with E-state index in [4.69, 9.17) is 20.3 Å². The van der Waals surface area contributed by atoms with Gasteiger partial charge in [-0.1, -0.05) is 7.43 Å². The number of carboxylic acids is 1. The maximum Gasteiger partial charge on any atom is 0.306 e. The first kappa shape index (κ1) is 65.3. The monoisotopic (exact) mass is 992 g/mol. The Morgan fingerprint density at radius 2 is 0.786 bits per heavy atom. The molecule has 2 aliphatic rings. The van der Waals surface area contributed by atoms with Gasteiger partial charge in [0.15, 0.2) is 17.3 Å². The Hall–Kier alpha value is -6.78. The number of rotatable bonds is 29. The van der Waals surface area contributed by atoms with Gasteiger partial charge in [-0.15, -0.1) is 0 Å². The molecule has 23 nitrogen and oxygen atoms in total. The van der Waals surface area contributed by atoms with Crippen molar-refractivity contribution in [2.24, 2.45) is 5.73 Å². The average Bonchev–Trinajstić information content (AvgIpc) is 3.75. The van der Waals surface area contributed by atoms with Crippen LogP contribution in [0.25, 0.3) is 0 Å². The van der Waals surface area contributed by atoms with E-state index in [1.54, 1.807) is 41.5 Å². The summed E-state index contributed by atoms with van der Waals surface area (Å²) in [6.07, 6.45) is 6.49. The number of esters is 2. The second-order valence-electron chi connectivity index (χ2n) is 17.5. The van der Waals surface area contributed by atoms with Crippen molar-refractivity contribution in [1.82, 2.24) is 25.8 Å². The highest BCUT2D eigenvalue weighted by atomic mass is 16.6. The molecule has 0 saturated heterocycles. The number of imide groups is 2. The van der Waals surface area contributed by atoms with Gasteiger partial charge in [-0.25, -0.2) is 0 Å². The maximum atomic E-state index is 11.9. The minimum Gasteiger partial charge on any atom is -0.481 e. The number of nitrogens with one attached hydrogen (secondary N) is 3. The Bertz CT molecular complexity index is 1910. The molecule has 2 rings (SSSR count). The quantitative estimate of drug-likeness (QED) is 0.0520. The van der Waals surface area contributed by atoms with E-state index in [0.717, 1.165) is 9.80 Å². The van der Waals surface area contributed by atoms with Gasteiger partial charge in [-0.2, -0.15) is 0 Å². The molecule has 0 aromatic rings. The number of Topliss-reactive ketones (excluding diaryl/α,β-unsaturated/α-hetero) is 4. The van der Waals surface area contributed by atoms with Crippen LogP contribution < -0.4 is 21.7 Å². The Balaban J connectivity index is 0. The molecule has 23 heteroatoms. The largest absolute Gasteiger partial charge is 0.481 e. The number of carbonyl (C=O) groups excluding carboxylic acids is 13. The van der Waals surface area contributed by atoms with Crippen LogP contribution >= 0.6 is 0 Å². The molecule has 0 saturated carbocycles. The molecular formula is C47H72N6O17.